The first-order chi connectivity index (χ1) is 21.8. The summed E-state index contributed by atoms with van der Waals surface area (Å²) >= 11 is 4.61. The number of carbonyl (C=O) groups is 4. The summed E-state index contributed by atoms with van der Waals surface area (Å²) in [6.07, 6.45) is 1.56. The summed E-state index contributed by atoms with van der Waals surface area (Å²) in [6.45, 7) is 0. The van der Waals surface area contributed by atoms with Crippen LogP contribution in [0.5, 0.6) is 11.5 Å². The van der Waals surface area contributed by atoms with Crippen LogP contribution < -0.4 is 25.0 Å². The van der Waals surface area contributed by atoms with Crippen LogP contribution in [0.4, 0.5) is 11.4 Å². The highest BCUT2D eigenvalue weighted by molar-refractivity contribution is 9.10. The van der Waals surface area contributed by atoms with Crippen molar-refractivity contribution in [2.45, 2.75) is 16.6 Å². The Balaban J connectivity index is 1.37. The molecule has 5 rings (SSSR count). The van der Waals surface area contributed by atoms with Crippen LogP contribution in [-0.2, 0) is 14.4 Å². The maximum absolute atomic E-state index is 13.6. The molecule has 0 aliphatic carbocycles. The maximum atomic E-state index is 13.6. The molecule has 4 aromatic carbocycles. The highest BCUT2D eigenvalue weighted by Crippen LogP contribution is 2.36. The summed E-state index contributed by atoms with van der Waals surface area (Å²) < 4.78 is 11.8. The highest BCUT2D eigenvalue weighted by Gasteiger charge is 2.40. The van der Waals surface area contributed by atoms with Crippen molar-refractivity contribution in [1.82, 2.24) is 5.32 Å². The monoisotopic (exact) mass is 685 g/mol. The van der Waals surface area contributed by atoms with Crippen molar-refractivity contribution in [3.05, 3.63) is 118 Å². The molecule has 0 saturated carbocycles. The second kappa shape index (κ2) is 14.3. The Labute approximate surface area is 272 Å². The van der Waals surface area contributed by atoms with E-state index in [9.17, 15) is 19.2 Å². The number of hydrogen-bond donors (Lipinski definition) is 2. The number of nitrogens with one attached hydrogen (secondary N) is 2. The van der Waals surface area contributed by atoms with E-state index in [1.165, 1.54) is 37.0 Å². The first kappa shape index (κ1) is 31.6. The van der Waals surface area contributed by atoms with E-state index in [2.05, 4.69) is 26.6 Å². The third-order valence-corrected chi connectivity index (χ3v) is 8.53. The summed E-state index contributed by atoms with van der Waals surface area (Å²) in [5, 5.41) is 4.94. The third kappa shape index (κ3) is 7.44. The second-order valence-corrected chi connectivity index (χ2v) is 12.0. The van der Waals surface area contributed by atoms with Crippen LogP contribution in [0.1, 0.15) is 22.3 Å². The van der Waals surface area contributed by atoms with Gasteiger partial charge in [0, 0.05) is 32.6 Å². The molecule has 1 atom stereocenters. The standard InChI is InChI=1S/C34H28BrN3O6S/c1-43-28-13-6-10-22(31(28)44-2)18-27(37-32(40)21-8-4-3-5-9-21)33(41)36-24-11-7-12-26(19-24)45-29-20-30(39)38(34(29)42)25-16-14-23(35)15-17-25/h3-19,29H,20H2,1-2H3,(H,36,41)(H,37,40)/b27-18-/t29-/m1/s1. The van der Waals surface area contributed by atoms with Gasteiger partial charge in [-0.2, -0.15) is 0 Å². The molecule has 1 aliphatic rings. The summed E-state index contributed by atoms with van der Waals surface area (Å²) in [7, 11) is 3.00. The van der Waals surface area contributed by atoms with Gasteiger partial charge in [-0.05, 0) is 66.7 Å². The maximum Gasteiger partial charge on any atom is 0.272 e. The molecule has 1 aliphatic heterocycles. The molecule has 0 spiro atoms. The number of nitrogens with zero attached hydrogens (tertiary/aromatic N) is 1. The third-order valence-electron chi connectivity index (χ3n) is 6.82. The van der Waals surface area contributed by atoms with Gasteiger partial charge in [0.05, 0.1) is 25.2 Å². The van der Waals surface area contributed by atoms with E-state index < -0.39 is 17.1 Å². The van der Waals surface area contributed by atoms with Crippen LogP contribution in [0.2, 0.25) is 0 Å². The molecule has 4 amide bonds. The molecular weight excluding hydrogens is 658 g/mol. The number of carbonyl (C=O) groups excluding carboxylic acids is 4. The minimum absolute atomic E-state index is 0.0323. The van der Waals surface area contributed by atoms with Crippen LogP contribution in [0.3, 0.4) is 0 Å². The molecule has 0 aromatic heterocycles. The summed E-state index contributed by atoms with van der Waals surface area (Å²) in [6, 6.07) is 27.7. The van der Waals surface area contributed by atoms with E-state index in [0.29, 0.717) is 38.9 Å². The van der Waals surface area contributed by atoms with Gasteiger partial charge in [0.15, 0.2) is 11.5 Å². The van der Waals surface area contributed by atoms with Crippen LogP contribution in [0.15, 0.2) is 112 Å². The number of methoxy groups -OCH3 is 2. The number of halogens is 1. The molecule has 0 radical (unpaired) electrons. The van der Waals surface area contributed by atoms with Gasteiger partial charge in [0.1, 0.15) is 5.70 Å². The molecule has 1 fully saturated rings. The molecule has 0 unspecified atom stereocenters. The largest absolute Gasteiger partial charge is 0.493 e. The molecular formula is C34H28BrN3O6S. The number of amides is 4. The summed E-state index contributed by atoms with van der Waals surface area (Å²) in [5.41, 5.74) is 1.81. The molecule has 1 heterocycles. The van der Waals surface area contributed by atoms with Crippen molar-refractivity contribution in [2.75, 3.05) is 24.4 Å². The molecule has 2 N–H and O–H groups in total. The molecule has 228 valence electrons. The Morgan fingerprint density at radius 2 is 1.64 bits per heavy atom. The molecule has 4 aromatic rings. The lowest BCUT2D eigenvalue weighted by Crippen LogP contribution is -2.31. The van der Waals surface area contributed by atoms with Crippen molar-refractivity contribution < 1.29 is 28.7 Å². The lowest BCUT2D eigenvalue weighted by atomic mass is 10.1. The number of hydrogen-bond acceptors (Lipinski definition) is 7. The Hall–Kier alpha value is -4.87. The van der Waals surface area contributed by atoms with Crippen LogP contribution >= 0.6 is 27.7 Å². The fraction of sp³-hybridized carbons (Fsp3) is 0.118. The zero-order valence-electron chi connectivity index (χ0n) is 24.3. The van der Waals surface area contributed by atoms with E-state index in [1.54, 1.807) is 97.1 Å². The Morgan fingerprint density at radius 1 is 0.911 bits per heavy atom. The van der Waals surface area contributed by atoms with E-state index in [-0.39, 0.29) is 23.9 Å². The van der Waals surface area contributed by atoms with Crippen molar-refractivity contribution >= 4 is 68.8 Å². The zero-order chi connectivity index (χ0) is 31.9. The average molecular weight is 687 g/mol. The van der Waals surface area contributed by atoms with E-state index >= 15 is 0 Å². The van der Waals surface area contributed by atoms with Gasteiger partial charge < -0.3 is 20.1 Å². The van der Waals surface area contributed by atoms with Gasteiger partial charge in [-0.15, -0.1) is 11.8 Å². The normalized spacial score (nSPS) is 14.7. The van der Waals surface area contributed by atoms with Crippen molar-refractivity contribution in [3.8, 4) is 11.5 Å². The molecule has 0 bridgehead atoms. The van der Waals surface area contributed by atoms with Crippen molar-refractivity contribution in [3.63, 3.8) is 0 Å². The quantitative estimate of drug-likeness (QED) is 0.149. The van der Waals surface area contributed by atoms with Gasteiger partial charge in [0.25, 0.3) is 11.8 Å². The Kier molecular flexibility index (Phi) is 10.0. The number of ether oxygens (including phenoxy) is 2. The minimum atomic E-state index is -0.617. The van der Waals surface area contributed by atoms with Crippen LogP contribution in [0.25, 0.3) is 6.08 Å². The number of imide groups is 1. The van der Waals surface area contributed by atoms with Crippen LogP contribution in [0, 0.1) is 0 Å². The number of rotatable bonds is 10. The van der Waals surface area contributed by atoms with Gasteiger partial charge in [0.2, 0.25) is 11.8 Å². The minimum Gasteiger partial charge on any atom is -0.493 e. The lowest BCUT2D eigenvalue weighted by molar-refractivity contribution is -0.121. The smallest absolute Gasteiger partial charge is 0.272 e. The van der Waals surface area contributed by atoms with Gasteiger partial charge >= 0.3 is 0 Å². The van der Waals surface area contributed by atoms with Gasteiger partial charge in [-0.1, -0.05) is 52.3 Å². The highest BCUT2D eigenvalue weighted by atomic mass is 79.9. The molecule has 45 heavy (non-hydrogen) atoms. The van der Waals surface area contributed by atoms with Crippen LogP contribution in [-0.4, -0.2) is 43.1 Å². The van der Waals surface area contributed by atoms with Crippen molar-refractivity contribution in [1.29, 1.82) is 0 Å². The molecule has 9 nitrogen and oxygen atoms in total. The van der Waals surface area contributed by atoms with Gasteiger partial charge in [-0.3, -0.25) is 19.2 Å². The predicted octanol–water partition coefficient (Wildman–Crippen LogP) is 6.30. The van der Waals surface area contributed by atoms with Crippen molar-refractivity contribution in [2.24, 2.45) is 0 Å². The summed E-state index contributed by atoms with van der Waals surface area (Å²) in [4.78, 5) is 54.5. The first-order valence-electron chi connectivity index (χ1n) is 13.8. The fourth-order valence-corrected chi connectivity index (χ4v) is 6.07. The van der Waals surface area contributed by atoms with E-state index in [1.807, 2.05) is 0 Å². The fourth-order valence-electron chi connectivity index (χ4n) is 4.69. The number of anilines is 2. The molecule has 11 heteroatoms. The van der Waals surface area contributed by atoms with E-state index in [0.717, 1.165) is 4.47 Å². The number of thioether (sulfide) groups is 1. The Morgan fingerprint density at radius 3 is 2.36 bits per heavy atom. The topological polar surface area (TPSA) is 114 Å². The first-order valence-corrected chi connectivity index (χ1v) is 15.4. The lowest BCUT2D eigenvalue weighted by Gasteiger charge is -2.15. The van der Waals surface area contributed by atoms with Gasteiger partial charge in [-0.25, -0.2) is 4.90 Å². The number of benzene rings is 4. The predicted molar refractivity (Wildman–Crippen MR) is 177 cm³/mol. The molecule has 1 saturated heterocycles. The number of para-hydroxylation sites is 1. The Bertz CT molecular complexity index is 1780. The zero-order valence-corrected chi connectivity index (χ0v) is 26.7. The van der Waals surface area contributed by atoms with E-state index in [4.69, 9.17) is 9.47 Å². The summed E-state index contributed by atoms with van der Waals surface area (Å²) in [5.74, 6) is -0.777. The average Bonchev–Trinajstić information content (AvgIpc) is 3.33. The second-order valence-electron chi connectivity index (χ2n) is 9.80. The SMILES string of the molecule is COc1cccc(/C=C(\NC(=O)c2ccccc2)C(=O)Nc2cccc(S[C@@H]3CC(=O)N(c4ccc(Br)cc4)C3=O)c2)c1OC.